The molecule has 4 rings (SSSR count). The van der Waals surface area contributed by atoms with Gasteiger partial charge in [0, 0.05) is 30.4 Å². The van der Waals surface area contributed by atoms with Gasteiger partial charge in [-0.05, 0) is 43.7 Å². The van der Waals surface area contributed by atoms with E-state index in [4.69, 9.17) is 4.74 Å². The average Bonchev–Trinajstić information content (AvgIpc) is 3.41. The fraction of sp³-hybridized carbons (Fsp3) is 0.217. The number of aromatic amines is 1. The van der Waals surface area contributed by atoms with Crippen molar-refractivity contribution in [3.05, 3.63) is 71.7 Å². The number of aryl methyl sites for hydroxylation is 2. The first kappa shape index (κ1) is 25.1. The number of hydrogen-bond donors (Lipinski definition) is 3. The maximum absolute atomic E-state index is 13.3. The molecule has 0 aliphatic heterocycles. The maximum atomic E-state index is 13.3. The van der Waals surface area contributed by atoms with E-state index in [1.807, 2.05) is 17.8 Å². The molecule has 36 heavy (non-hydrogen) atoms. The van der Waals surface area contributed by atoms with Gasteiger partial charge in [0.1, 0.15) is 17.7 Å². The van der Waals surface area contributed by atoms with Gasteiger partial charge < -0.3 is 10.1 Å². The number of benzene rings is 2. The Morgan fingerprint density at radius 3 is 2.47 bits per heavy atom. The Bertz CT molecular complexity index is 1470. The Labute approximate surface area is 205 Å². The number of aromatic nitrogens is 4. The van der Waals surface area contributed by atoms with Crippen LogP contribution in [0.15, 0.2) is 54.7 Å². The topological polar surface area (TPSA) is 114 Å². The maximum Gasteiger partial charge on any atom is 0.355 e. The van der Waals surface area contributed by atoms with Crippen LogP contribution >= 0.6 is 0 Å². The van der Waals surface area contributed by atoms with Crippen molar-refractivity contribution in [1.82, 2.24) is 20.0 Å². The smallest absolute Gasteiger partial charge is 0.355 e. The lowest BCUT2D eigenvalue weighted by molar-refractivity contribution is 0.228. The number of rotatable bonds is 9. The third-order valence-electron chi connectivity index (χ3n) is 5.26. The Kier molecular flexibility index (Phi) is 6.93. The first-order valence-corrected chi connectivity index (χ1v) is 12.3. The van der Waals surface area contributed by atoms with E-state index < -0.39 is 27.7 Å². The summed E-state index contributed by atoms with van der Waals surface area (Å²) in [5, 5.41) is 14.5. The lowest BCUT2D eigenvalue weighted by Crippen LogP contribution is -2.21. The summed E-state index contributed by atoms with van der Waals surface area (Å²) < 4.78 is 72.4. The molecule has 0 saturated carbocycles. The molecule has 2 aromatic carbocycles. The predicted molar refractivity (Wildman–Crippen MR) is 129 cm³/mol. The molecular formula is C23H23F3N6O3S. The molecule has 4 aromatic rings. The molecule has 13 heteroatoms. The van der Waals surface area contributed by atoms with Crippen LogP contribution in [0.5, 0.6) is 5.75 Å². The first-order chi connectivity index (χ1) is 17.0. The number of hydrogen-bond acceptors (Lipinski definition) is 6. The molecular weight excluding hydrogens is 497 g/mol. The quantitative estimate of drug-likeness (QED) is 0.283. The lowest BCUT2D eigenvalue weighted by atomic mass is 10.1. The van der Waals surface area contributed by atoms with Crippen LogP contribution in [-0.4, -0.2) is 34.2 Å². The number of anilines is 3. The van der Waals surface area contributed by atoms with E-state index in [-0.39, 0.29) is 11.4 Å². The number of H-pyrrole nitrogens is 1. The number of ether oxygens (including phenoxy) is 1. The Balaban J connectivity index is 1.65. The third-order valence-corrected chi connectivity index (χ3v) is 6.23. The molecule has 1 atom stereocenters. The van der Waals surface area contributed by atoms with Crippen molar-refractivity contribution in [2.75, 3.05) is 10.0 Å². The molecule has 190 valence electrons. The highest BCUT2D eigenvalue weighted by Gasteiger charge is 2.26. The molecule has 3 N–H and O–H groups in total. The van der Waals surface area contributed by atoms with Crippen molar-refractivity contribution < 1.29 is 26.3 Å². The number of nitrogens with zero attached hydrogens (tertiary/aromatic N) is 3. The minimum Gasteiger partial charge on any atom is -0.484 e. The van der Waals surface area contributed by atoms with E-state index in [0.717, 1.165) is 5.56 Å². The highest BCUT2D eigenvalue weighted by molar-refractivity contribution is 7.93. The minimum atomic E-state index is -4.94. The molecule has 0 fully saturated rings. The highest BCUT2D eigenvalue weighted by atomic mass is 32.2. The predicted octanol–water partition coefficient (Wildman–Crippen LogP) is 5.11. The monoisotopic (exact) mass is 520 g/mol. The van der Waals surface area contributed by atoms with Gasteiger partial charge in [-0.25, -0.2) is 12.8 Å². The van der Waals surface area contributed by atoms with Crippen molar-refractivity contribution in [3.63, 3.8) is 0 Å². The summed E-state index contributed by atoms with van der Waals surface area (Å²) in [6.07, 6.45) is 1.20. The Hall–Kier alpha value is -4.00. The molecule has 0 saturated heterocycles. The second-order valence-corrected chi connectivity index (χ2v) is 9.71. The number of alkyl halides is 2. The van der Waals surface area contributed by atoms with Crippen LogP contribution in [0.3, 0.4) is 0 Å². The van der Waals surface area contributed by atoms with Crippen LogP contribution in [0, 0.1) is 12.7 Å². The highest BCUT2D eigenvalue weighted by Crippen LogP contribution is 2.35. The van der Waals surface area contributed by atoms with E-state index in [1.54, 1.807) is 24.7 Å². The summed E-state index contributed by atoms with van der Waals surface area (Å²) in [4.78, 5) is 0. The molecule has 9 nitrogen and oxygen atoms in total. The summed E-state index contributed by atoms with van der Waals surface area (Å²) in [5.41, 5.74) is 2.45. The van der Waals surface area contributed by atoms with Crippen LogP contribution in [0.25, 0.3) is 11.3 Å². The van der Waals surface area contributed by atoms with Gasteiger partial charge in [-0.15, -0.1) is 0 Å². The van der Waals surface area contributed by atoms with Crippen LogP contribution in [0.1, 0.15) is 24.2 Å². The number of nitrogens with one attached hydrogen (secondary N) is 3. The van der Waals surface area contributed by atoms with Crippen LogP contribution in [0.4, 0.5) is 30.5 Å². The summed E-state index contributed by atoms with van der Waals surface area (Å²) in [7, 11) is -3.14. The lowest BCUT2D eigenvalue weighted by Gasteiger charge is -2.19. The molecule has 0 aliphatic rings. The summed E-state index contributed by atoms with van der Waals surface area (Å²) >= 11 is 0. The van der Waals surface area contributed by atoms with Crippen molar-refractivity contribution in [2.45, 2.75) is 25.7 Å². The molecule has 0 amide bonds. The van der Waals surface area contributed by atoms with Gasteiger partial charge in [-0.1, -0.05) is 18.2 Å². The molecule has 0 unspecified atom stereocenters. The molecule has 2 heterocycles. The summed E-state index contributed by atoms with van der Waals surface area (Å²) in [5.74, 6) is -2.95. The van der Waals surface area contributed by atoms with Crippen molar-refractivity contribution >= 4 is 27.3 Å². The normalized spacial score (nSPS) is 12.5. The third kappa shape index (κ3) is 5.62. The fourth-order valence-electron chi connectivity index (χ4n) is 3.45. The minimum absolute atomic E-state index is 0.00164. The standard InChI is InChI=1S/C23H23F3N6O3S/c1-13-12-32(3)30-22(13)27-21-11-19(28-29-21)16-6-9-18(31-36(33,34)23(25)26)20(10-16)35-14(2)15-4-7-17(24)8-5-15/h4-12,14,23,31H,1-3H3,(H2,27,28,29,30)/t14-/m0/s1. The van der Waals surface area contributed by atoms with E-state index in [2.05, 4.69) is 20.6 Å². The van der Waals surface area contributed by atoms with Gasteiger partial charge >= 0.3 is 5.76 Å². The Morgan fingerprint density at radius 1 is 1.11 bits per heavy atom. The second kappa shape index (κ2) is 9.93. The second-order valence-electron chi connectivity index (χ2n) is 8.06. The largest absolute Gasteiger partial charge is 0.484 e. The summed E-state index contributed by atoms with van der Waals surface area (Å²) in [6.45, 7) is 3.56. The van der Waals surface area contributed by atoms with Crippen molar-refractivity contribution in [2.24, 2.45) is 7.05 Å². The van der Waals surface area contributed by atoms with Gasteiger partial charge in [0.2, 0.25) is 0 Å². The van der Waals surface area contributed by atoms with Gasteiger partial charge in [0.25, 0.3) is 10.0 Å². The van der Waals surface area contributed by atoms with Crippen LogP contribution < -0.4 is 14.8 Å². The fourth-order valence-corrected chi connectivity index (χ4v) is 4.01. The SMILES string of the molecule is Cc1cn(C)nc1Nc1cc(-c2ccc(NS(=O)(=O)C(F)F)c(O[C@@H](C)c3ccc(F)cc3)c2)[nH]n1. The molecule has 0 aliphatic carbocycles. The zero-order valence-electron chi connectivity index (χ0n) is 19.5. The number of sulfonamides is 1. The van der Waals surface area contributed by atoms with Gasteiger partial charge in [-0.2, -0.15) is 19.0 Å². The van der Waals surface area contributed by atoms with E-state index in [1.165, 1.54) is 42.5 Å². The van der Waals surface area contributed by atoms with E-state index >= 15 is 0 Å². The van der Waals surface area contributed by atoms with Crippen LogP contribution in [0.2, 0.25) is 0 Å². The van der Waals surface area contributed by atoms with E-state index in [0.29, 0.717) is 28.5 Å². The summed E-state index contributed by atoms with van der Waals surface area (Å²) in [6, 6.07) is 11.6. The van der Waals surface area contributed by atoms with Gasteiger partial charge in [0.05, 0.1) is 11.4 Å². The van der Waals surface area contributed by atoms with Gasteiger partial charge in [-0.3, -0.25) is 14.5 Å². The van der Waals surface area contributed by atoms with E-state index in [9.17, 15) is 21.6 Å². The molecule has 2 aromatic heterocycles. The van der Waals surface area contributed by atoms with Crippen molar-refractivity contribution in [1.29, 1.82) is 0 Å². The Morgan fingerprint density at radius 2 is 1.83 bits per heavy atom. The zero-order chi connectivity index (χ0) is 26.0. The average molecular weight is 521 g/mol. The molecule has 0 radical (unpaired) electrons. The number of halogens is 3. The molecule has 0 bridgehead atoms. The zero-order valence-corrected chi connectivity index (χ0v) is 20.3. The van der Waals surface area contributed by atoms with Gasteiger partial charge in [0.15, 0.2) is 11.6 Å². The van der Waals surface area contributed by atoms with Crippen LogP contribution in [-0.2, 0) is 17.1 Å². The van der Waals surface area contributed by atoms with Crippen molar-refractivity contribution in [3.8, 4) is 17.0 Å². The first-order valence-electron chi connectivity index (χ1n) is 10.7. The molecule has 0 spiro atoms.